The number of phenolic OH excluding ortho intramolecular Hbond substituents is 1. The van der Waals surface area contributed by atoms with Crippen molar-refractivity contribution in [2.45, 2.75) is 12.3 Å². The standard InChI is InChI=1S/C9H9ClN2O4/c1-5(10)9(14)11-7-3-2-6(13)4-8(7)12(15)16/h2-5,13H,1H3,(H,11,14). The van der Waals surface area contributed by atoms with Gasteiger partial charge in [0, 0.05) is 0 Å². The van der Waals surface area contributed by atoms with Crippen LogP contribution in [0.3, 0.4) is 0 Å². The lowest BCUT2D eigenvalue weighted by Crippen LogP contribution is -2.20. The zero-order valence-electron chi connectivity index (χ0n) is 8.31. The van der Waals surface area contributed by atoms with Gasteiger partial charge in [-0.15, -0.1) is 11.6 Å². The molecule has 1 amide bonds. The van der Waals surface area contributed by atoms with Crippen LogP contribution in [0.4, 0.5) is 11.4 Å². The van der Waals surface area contributed by atoms with Gasteiger partial charge in [0.25, 0.3) is 5.69 Å². The first kappa shape index (κ1) is 12.3. The Morgan fingerprint density at radius 3 is 2.75 bits per heavy atom. The van der Waals surface area contributed by atoms with Crippen LogP contribution in [0.1, 0.15) is 6.92 Å². The fraction of sp³-hybridized carbons (Fsp3) is 0.222. The summed E-state index contributed by atoms with van der Waals surface area (Å²) >= 11 is 5.51. The lowest BCUT2D eigenvalue weighted by molar-refractivity contribution is -0.384. The Hall–Kier alpha value is -1.82. The first-order valence-corrected chi connectivity index (χ1v) is 4.78. The Kier molecular flexibility index (Phi) is 3.68. The molecule has 0 spiro atoms. The fourth-order valence-corrected chi connectivity index (χ4v) is 1.06. The molecule has 0 radical (unpaired) electrons. The Morgan fingerprint density at radius 2 is 2.25 bits per heavy atom. The molecular weight excluding hydrogens is 236 g/mol. The smallest absolute Gasteiger partial charge is 0.296 e. The highest BCUT2D eigenvalue weighted by Gasteiger charge is 2.18. The average Bonchev–Trinajstić information content (AvgIpc) is 2.20. The van der Waals surface area contributed by atoms with Crippen molar-refractivity contribution in [1.29, 1.82) is 0 Å². The van der Waals surface area contributed by atoms with Crippen LogP contribution in [0.15, 0.2) is 18.2 Å². The van der Waals surface area contributed by atoms with E-state index in [0.29, 0.717) is 0 Å². The van der Waals surface area contributed by atoms with Gasteiger partial charge in [-0.2, -0.15) is 0 Å². The largest absolute Gasteiger partial charge is 0.508 e. The second kappa shape index (κ2) is 4.80. The molecule has 6 nitrogen and oxygen atoms in total. The van der Waals surface area contributed by atoms with Gasteiger partial charge in [-0.05, 0) is 19.1 Å². The number of alkyl halides is 1. The molecule has 0 aliphatic carbocycles. The normalized spacial score (nSPS) is 11.9. The molecule has 0 aliphatic heterocycles. The van der Waals surface area contributed by atoms with Crippen LogP contribution in [0.5, 0.6) is 5.75 Å². The van der Waals surface area contributed by atoms with E-state index in [4.69, 9.17) is 16.7 Å². The molecule has 0 bridgehead atoms. The summed E-state index contributed by atoms with van der Waals surface area (Å²) in [5, 5.41) is 21.2. The quantitative estimate of drug-likeness (QED) is 0.367. The molecule has 1 rings (SSSR count). The molecule has 0 heterocycles. The number of carbonyl (C=O) groups excluding carboxylic acids is 1. The van der Waals surface area contributed by atoms with Crippen molar-refractivity contribution < 1.29 is 14.8 Å². The zero-order valence-corrected chi connectivity index (χ0v) is 9.06. The summed E-state index contributed by atoms with van der Waals surface area (Å²) in [7, 11) is 0. The monoisotopic (exact) mass is 244 g/mol. The number of rotatable bonds is 3. The van der Waals surface area contributed by atoms with Crippen molar-refractivity contribution in [3.05, 3.63) is 28.3 Å². The van der Waals surface area contributed by atoms with Gasteiger partial charge in [0.2, 0.25) is 5.91 Å². The molecule has 0 aromatic heterocycles. The summed E-state index contributed by atoms with van der Waals surface area (Å²) in [4.78, 5) is 21.2. The Morgan fingerprint density at radius 1 is 1.62 bits per heavy atom. The predicted molar refractivity (Wildman–Crippen MR) is 58.7 cm³/mol. The van der Waals surface area contributed by atoms with Gasteiger partial charge >= 0.3 is 0 Å². The van der Waals surface area contributed by atoms with E-state index in [2.05, 4.69) is 5.32 Å². The molecule has 0 saturated carbocycles. The van der Waals surface area contributed by atoms with Gasteiger partial charge in [0.05, 0.1) is 11.0 Å². The van der Waals surface area contributed by atoms with E-state index in [1.54, 1.807) is 0 Å². The van der Waals surface area contributed by atoms with Crippen LogP contribution in [-0.2, 0) is 4.79 Å². The van der Waals surface area contributed by atoms with Crippen LogP contribution in [0.25, 0.3) is 0 Å². The number of anilines is 1. The average molecular weight is 245 g/mol. The van der Waals surface area contributed by atoms with Gasteiger partial charge in [0.15, 0.2) is 0 Å². The minimum absolute atomic E-state index is 0.000278. The van der Waals surface area contributed by atoms with Crippen molar-refractivity contribution in [3.63, 3.8) is 0 Å². The van der Waals surface area contributed by atoms with Gasteiger partial charge in [-0.1, -0.05) is 0 Å². The lowest BCUT2D eigenvalue weighted by atomic mass is 10.2. The summed E-state index contributed by atoms with van der Waals surface area (Å²) in [6.07, 6.45) is 0. The number of hydrogen-bond acceptors (Lipinski definition) is 4. The minimum Gasteiger partial charge on any atom is -0.508 e. The van der Waals surface area contributed by atoms with Crippen molar-refractivity contribution in [2.75, 3.05) is 5.32 Å². The molecule has 1 atom stereocenters. The molecule has 1 aromatic rings. The zero-order chi connectivity index (χ0) is 12.3. The molecular formula is C9H9ClN2O4. The summed E-state index contributed by atoms with van der Waals surface area (Å²) in [5.74, 6) is -0.793. The molecule has 7 heteroatoms. The number of carbonyl (C=O) groups is 1. The van der Waals surface area contributed by atoms with E-state index < -0.39 is 16.2 Å². The SMILES string of the molecule is CC(Cl)C(=O)Nc1ccc(O)cc1[N+](=O)[O-]. The summed E-state index contributed by atoms with van der Waals surface area (Å²) in [6, 6.07) is 3.43. The second-order valence-electron chi connectivity index (χ2n) is 3.06. The van der Waals surface area contributed by atoms with Crippen LogP contribution >= 0.6 is 11.6 Å². The molecule has 1 unspecified atom stereocenters. The van der Waals surface area contributed by atoms with Gasteiger partial charge in [0.1, 0.15) is 16.8 Å². The van der Waals surface area contributed by atoms with E-state index in [9.17, 15) is 14.9 Å². The number of nitrogens with one attached hydrogen (secondary N) is 1. The molecule has 0 saturated heterocycles. The van der Waals surface area contributed by atoms with Crippen molar-refractivity contribution in [1.82, 2.24) is 0 Å². The number of aromatic hydroxyl groups is 1. The maximum absolute atomic E-state index is 11.2. The fourth-order valence-electron chi connectivity index (χ4n) is 1.01. The maximum Gasteiger partial charge on any atom is 0.296 e. The molecule has 2 N–H and O–H groups in total. The number of halogens is 1. The highest BCUT2D eigenvalue weighted by atomic mass is 35.5. The van der Waals surface area contributed by atoms with Crippen LogP contribution in [-0.4, -0.2) is 21.3 Å². The Bertz CT molecular complexity index is 434. The number of hydrogen-bond donors (Lipinski definition) is 2. The Labute approximate surface area is 96.0 Å². The van der Waals surface area contributed by atoms with E-state index in [0.717, 1.165) is 6.07 Å². The summed E-state index contributed by atoms with van der Waals surface area (Å²) < 4.78 is 0. The molecule has 1 aromatic carbocycles. The summed E-state index contributed by atoms with van der Waals surface area (Å²) in [6.45, 7) is 1.45. The van der Waals surface area contributed by atoms with E-state index in [1.165, 1.54) is 19.1 Å². The van der Waals surface area contributed by atoms with E-state index in [-0.39, 0.29) is 17.1 Å². The van der Waals surface area contributed by atoms with E-state index >= 15 is 0 Å². The first-order valence-electron chi connectivity index (χ1n) is 4.34. The molecule has 86 valence electrons. The topological polar surface area (TPSA) is 92.5 Å². The molecule has 16 heavy (non-hydrogen) atoms. The van der Waals surface area contributed by atoms with Crippen molar-refractivity contribution in [3.8, 4) is 5.75 Å². The van der Waals surface area contributed by atoms with Crippen LogP contribution in [0, 0.1) is 10.1 Å². The molecule has 0 aliphatic rings. The van der Waals surface area contributed by atoms with Crippen molar-refractivity contribution in [2.24, 2.45) is 0 Å². The first-order chi connectivity index (χ1) is 7.41. The lowest BCUT2D eigenvalue weighted by Gasteiger charge is -2.07. The third kappa shape index (κ3) is 2.83. The van der Waals surface area contributed by atoms with Gasteiger partial charge in [-0.3, -0.25) is 14.9 Å². The van der Waals surface area contributed by atoms with Crippen LogP contribution < -0.4 is 5.32 Å². The van der Waals surface area contributed by atoms with Crippen LogP contribution in [0.2, 0.25) is 0 Å². The minimum atomic E-state index is -0.798. The second-order valence-corrected chi connectivity index (χ2v) is 3.72. The predicted octanol–water partition coefficient (Wildman–Crippen LogP) is 1.87. The number of nitro groups is 1. The number of phenols is 1. The Balaban J connectivity index is 3.04. The van der Waals surface area contributed by atoms with Gasteiger partial charge in [-0.25, -0.2) is 0 Å². The van der Waals surface area contributed by atoms with Gasteiger partial charge < -0.3 is 10.4 Å². The highest BCUT2D eigenvalue weighted by molar-refractivity contribution is 6.32. The number of amides is 1. The number of nitro benzene ring substituents is 1. The number of benzene rings is 1. The number of nitrogens with zero attached hydrogens (tertiary/aromatic N) is 1. The third-order valence-electron chi connectivity index (χ3n) is 1.80. The van der Waals surface area contributed by atoms with Crippen molar-refractivity contribution >= 4 is 28.9 Å². The maximum atomic E-state index is 11.2. The summed E-state index contributed by atoms with van der Waals surface area (Å²) in [5.41, 5.74) is -0.383. The highest BCUT2D eigenvalue weighted by Crippen LogP contribution is 2.28. The third-order valence-corrected chi connectivity index (χ3v) is 2.00. The molecule has 0 fully saturated rings. The van der Waals surface area contributed by atoms with E-state index in [1.807, 2.05) is 0 Å².